The number of rotatable bonds is 4. The molecule has 2 aromatic heterocycles. The highest BCUT2D eigenvalue weighted by atomic mass is 35.5. The van der Waals surface area contributed by atoms with Gasteiger partial charge in [0.1, 0.15) is 5.01 Å². The lowest BCUT2D eigenvalue weighted by molar-refractivity contribution is 0.692. The summed E-state index contributed by atoms with van der Waals surface area (Å²) in [5.74, 6) is 0. The summed E-state index contributed by atoms with van der Waals surface area (Å²) in [6, 6.07) is 5.93. The van der Waals surface area contributed by atoms with Gasteiger partial charge in [0.05, 0.1) is 0 Å². The van der Waals surface area contributed by atoms with Crippen molar-refractivity contribution in [3.8, 4) is 0 Å². The van der Waals surface area contributed by atoms with E-state index in [4.69, 9.17) is 11.6 Å². The summed E-state index contributed by atoms with van der Waals surface area (Å²) in [5.41, 5.74) is 3.41. The number of H-pyrrole nitrogens is 1. The number of aryl methyl sites for hydroxylation is 1. The van der Waals surface area contributed by atoms with E-state index in [1.807, 2.05) is 25.3 Å². The third-order valence-electron chi connectivity index (χ3n) is 2.99. The number of hydrogen-bond donors (Lipinski definition) is 2. The van der Waals surface area contributed by atoms with Crippen LogP contribution < -0.4 is 5.32 Å². The van der Waals surface area contributed by atoms with Crippen LogP contribution in [0.3, 0.4) is 0 Å². The van der Waals surface area contributed by atoms with Crippen molar-refractivity contribution >= 4 is 33.8 Å². The summed E-state index contributed by atoms with van der Waals surface area (Å²) in [6.45, 7) is 3.64. The van der Waals surface area contributed by atoms with E-state index in [1.54, 1.807) is 11.3 Å². The predicted molar refractivity (Wildman–Crippen MR) is 80.7 cm³/mol. The highest BCUT2D eigenvalue weighted by molar-refractivity contribution is 7.09. The molecule has 2 N–H and O–H groups in total. The standard InChI is InChI=1S/C14H14ClN3S/c1-9-8-19-14(18-9)7-16-5-10-6-17-13-4-11(15)2-3-12(10)13/h2-4,6,8,16-17H,5,7H2,1H3. The fourth-order valence-electron chi connectivity index (χ4n) is 2.09. The minimum absolute atomic E-state index is 0.757. The van der Waals surface area contributed by atoms with Crippen molar-refractivity contribution in [2.45, 2.75) is 20.0 Å². The highest BCUT2D eigenvalue weighted by Gasteiger charge is 2.04. The Morgan fingerprint density at radius 1 is 1.37 bits per heavy atom. The molecule has 19 heavy (non-hydrogen) atoms. The van der Waals surface area contributed by atoms with E-state index in [0.717, 1.165) is 34.3 Å². The number of halogens is 1. The van der Waals surface area contributed by atoms with E-state index in [0.29, 0.717) is 0 Å². The van der Waals surface area contributed by atoms with Gasteiger partial charge in [0.25, 0.3) is 0 Å². The summed E-state index contributed by atoms with van der Waals surface area (Å²) >= 11 is 7.67. The minimum Gasteiger partial charge on any atom is -0.361 e. The largest absolute Gasteiger partial charge is 0.361 e. The SMILES string of the molecule is Cc1csc(CNCc2c[nH]c3cc(Cl)ccc23)n1. The molecule has 0 unspecified atom stereocenters. The molecule has 98 valence electrons. The van der Waals surface area contributed by atoms with Crippen LogP contribution in [0.4, 0.5) is 0 Å². The molecule has 3 aromatic rings. The van der Waals surface area contributed by atoms with Gasteiger partial charge < -0.3 is 10.3 Å². The van der Waals surface area contributed by atoms with Crippen LogP contribution in [0.25, 0.3) is 10.9 Å². The second-order valence-electron chi connectivity index (χ2n) is 4.49. The molecule has 5 heteroatoms. The summed E-state index contributed by atoms with van der Waals surface area (Å²) < 4.78 is 0. The van der Waals surface area contributed by atoms with Crippen molar-refractivity contribution in [1.29, 1.82) is 0 Å². The first-order chi connectivity index (χ1) is 9.22. The molecular formula is C14H14ClN3S. The van der Waals surface area contributed by atoms with E-state index in [-0.39, 0.29) is 0 Å². The van der Waals surface area contributed by atoms with E-state index in [1.165, 1.54) is 10.9 Å². The number of hydrogen-bond acceptors (Lipinski definition) is 3. The third kappa shape index (κ3) is 2.81. The zero-order chi connectivity index (χ0) is 13.2. The molecule has 0 bridgehead atoms. The maximum atomic E-state index is 5.97. The number of aromatic amines is 1. The van der Waals surface area contributed by atoms with Gasteiger partial charge in [0.15, 0.2) is 0 Å². The quantitative estimate of drug-likeness (QED) is 0.766. The van der Waals surface area contributed by atoms with Crippen LogP contribution in [0.2, 0.25) is 5.02 Å². The average molecular weight is 292 g/mol. The Hall–Kier alpha value is -1.36. The molecule has 0 aliphatic heterocycles. The van der Waals surface area contributed by atoms with E-state index < -0.39 is 0 Å². The topological polar surface area (TPSA) is 40.7 Å². The molecule has 0 aliphatic carbocycles. The Morgan fingerprint density at radius 2 is 2.26 bits per heavy atom. The molecule has 0 radical (unpaired) electrons. The van der Waals surface area contributed by atoms with Crippen molar-refractivity contribution < 1.29 is 0 Å². The first-order valence-corrected chi connectivity index (χ1v) is 7.35. The van der Waals surface area contributed by atoms with Crippen molar-refractivity contribution in [2.24, 2.45) is 0 Å². The Morgan fingerprint density at radius 3 is 3.05 bits per heavy atom. The fraction of sp³-hybridized carbons (Fsp3) is 0.214. The van der Waals surface area contributed by atoms with Crippen molar-refractivity contribution in [1.82, 2.24) is 15.3 Å². The zero-order valence-electron chi connectivity index (χ0n) is 10.5. The number of thiazole rings is 1. The van der Waals surface area contributed by atoms with Crippen LogP contribution >= 0.6 is 22.9 Å². The molecule has 2 heterocycles. The van der Waals surface area contributed by atoms with Gasteiger partial charge in [0.2, 0.25) is 0 Å². The van der Waals surface area contributed by atoms with Crippen LogP contribution in [-0.4, -0.2) is 9.97 Å². The number of nitrogens with one attached hydrogen (secondary N) is 2. The monoisotopic (exact) mass is 291 g/mol. The lowest BCUT2D eigenvalue weighted by Crippen LogP contribution is -2.12. The normalized spacial score (nSPS) is 11.3. The number of aromatic nitrogens is 2. The van der Waals surface area contributed by atoms with Crippen LogP contribution in [0.5, 0.6) is 0 Å². The van der Waals surface area contributed by atoms with Crippen molar-refractivity contribution in [3.63, 3.8) is 0 Å². The molecule has 0 atom stereocenters. The summed E-state index contributed by atoms with van der Waals surface area (Å²) in [4.78, 5) is 7.68. The van der Waals surface area contributed by atoms with E-state index in [2.05, 4.69) is 26.7 Å². The summed E-state index contributed by atoms with van der Waals surface area (Å²) in [7, 11) is 0. The first kappa shape index (κ1) is 12.7. The number of benzene rings is 1. The summed E-state index contributed by atoms with van der Waals surface area (Å²) in [6.07, 6.45) is 2.03. The Kier molecular flexibility index (Phi) is 3.55. The van der Waals surface area contributed by atoms with Crippen LogP contribution in [0.15, 0.2) is 29.8 Å². The van der Waals surface area contributed by atoms with Gasteiger partial charge in [-0.25, -0.2) is 4.98 Å². The second kappa shape index (κ2) is 5.33. The number of nitrogens with zero attached hydrogens (tertiary/aromatic N) is 1. The molecule has 3 rings (SSSR count). The highest BCUT2D eigenvalue weighted by Crippen LogP contribution is 2.22. The van der Waals surface area contributed by atoms with Gasteiger partial charge in [-0.05, 0) is 24.6 Å². The van der Waals surface area contributed by atoms with Gasteiger partial charge in [0, 0.05) is 46.3 Å². The maximum Gasteiger partial charge on any atom is 0.107 e. The Bertz CT molecular complexity index is 702. The lowest BCUT2D eigenvalue weighted by Gasteiger charge is -2.01. The molecule has 0 amide bonds. The van der Waals surface area contributed by atoms with E-state index >= 15 is 0 Å². The molecular weight excluding hydrogens is 278 g/mol. The Balaban J connectivity index is 1.68. The van der Waals surface area contributed by atoms with Gasteiger partial charge in [-0.1, -0.05) is 17.7 Å². The molecule has 0 aliphatic rings. The van der Waals surface area contributed by atoms with Crippen LogP contribution in [0, 0.1) is 6.92 Å². The van der Waals surface area contributed by atoms with Gasteiger partial charge in [-0.2, -0.15) is 0 Å². The van der Waals surface area contributed by atoms with Crippen molar-refractivity contribution in [2.75, 3.05) is 0 Å². The predicted octanol–water partition coefficient (Wildman–Crippen LogP) is 3.88. The summed E-state index contributed by atoms with van der Waals surface area (Å²) in [5, 5.41) is 8.59. The molecule has 3 nitrogen and oxygen atoms in total. The van der Waals surface area contributed by atoms with Crippen molar-refractivity contribution in [3.05, 3.63) is 51.1 Å². The van der Waals surface area contributed by atoms with Gasteiger partial charge >= 0.3 is 0 Å². The Labute approximate surface area is 120 Å². The minimum atomic E-state index is 0.757. The first-order valence-electron chi connectivity index (χ1n) is 6.09. The van der Waals surface area contributed by atoms with Gasteiger partial charge in [-0.15, -0.1) is 11.3 Å². The third-order valence-corrected chi connectivity index (χ3v) is 4.19. The lowest BCUT2D eigenvalue weighted by atomic mass is 10.2. The molecule has 1 aromatic carbocycles. The van der Waals surface area contributed by atoms with Gasteiger partial charge in [-0.3, -0.25) is 0 Å². The fourth-order valence-corrected chi connectivity index (χ4v) is 3.01. The molecule has 0 saturated carbocycles. The zero-order valence-corrected chi connectivity index (χ0v) is 12.1. The van der Waals surface area contributed by atoms with Crippen LogP contribution in [-0.2, 0) is 13.1 Å². The molecule has 0 saturated heterocycles. The number of fused-ring (bicyclic) bond motifs is 1. The molecule has 0 spiro atoms. The van der Waals surface area contributed by atoms with Crippen LogP contribution in [0.1, 0.15) is 16.3 Å². The average Bonchev–Trinajstić information content (AvgIpc) is 2.96. The van der Waals surface area contributed by atoms with E-state index in [9.17, 15) is 0 Å². The second-order valence-corrected chi connectivity index (χ2v) is 5.87. The molecule has 0 fully saturated rings. The maximum absolute atomic E-state index is 5.97. The smallest absolute Gasteiger partial charge is 0.107 e.